The van der Waals surface area contributed by atoms with Gasteiger partial charge in [0.1, 0.15) is 5.82 Å². The second-order valence-electron chi connectivity index (χ2n) is 3.83. The molecule has 4 heteroatoms. The number of aromatic nitrogens is 1. The van der Waals surface area contributed by atoms with Gasteiger partial charge in [0.25, 0.3) is 5.91 Å². The van der Waals surface area contributed by atoms with E-state index < -0.39 is 0 Å². The molecule has 0 fully saturated rings. The van der Waals surface area contributed by atoms with Crippen molar-refractivity contribution < 1.29 is 4.79 Å². The van der Waals surface area contributed by atoms with Crippen molar-refractivity contribution in [2.75, 3.05) is 12.4 Å². The van der Waals surface area contributed by atoms with E-state index in [1.165, 1.54) is 0 Å². The van der Waals surface area contributed by atoms with Gasteiger partial charge in [-0.2, -0.15) is 0 Å². The van der Waals surface area contributed by atoms with Crippen LogP contribution in [-0.2, 0) is 6.54 Å². The first-order valence-corrected chi connectivity index (χ1v) is 5.17. The Kier molecular flexibility index (Phi) is 1.83. The Morgan fingerprint density at radius 1 is 1.50 bits per heavy atom. The van der Waals surface area contributed by atoms with Gasteiger partial charge in [-0.15, -0.1) is 0 Å². The van der Waals surface area contributed by atoms with Crippen LogP contribution in [-0.4, -0.2) is 17.9 Å². The molecule has 0 radical (unpaired) electrons. The molecule has 0 unspecified atom stereocenters. The molecule has 0 spiro atoms. The summed E-state index contributed by atoms with van der Waals surface area (Å²) in [6.07, 6.45) is 1.76. The van der Waals surface area contributed by atoms with Gasteiger partial charge in [0, 0.05) is 30.7 Å². The maximum atomic E-state index is 11.6. The maximum Gasteiger partial charge on any atom is 0.251 e. The van der Waals surface area contributed by atoms with Crippen LogP contribution >= 0.6 is 0 Å². The van der Waals surface area contributed by atoms with Crippen molar-refractivity contribution in [1.82, 2.24) is 10.3 Å². The molecule has 80 valence electrons. The molecule has 1 amide bonds. The van der Waals surface area contributed by atoms with Gasteiger partial charge < -0.3 is 10.6 Å². The molecular formula is C12H11N3O. The van der Waals surface area contributed by atoms with E-state index in [4.69, 9.17) is 0 Å². The molecule has 1 aromatic carbocycles. The van der Waals surface area contributed by atoms with E-state index >= 15 is 0 Å². The minimum atomic E-state index is -0.0524. The SMILES string of the molecule is CNC(=O)c1cc2c3c(nccc3c1)NC2. The van der Waals surface area contributed by atoms with Gasteiger partial charge in [-0.05, 0) is 29.1 Å². The minimum Gasteiger partial charge on any atom is -0.365 e. The van der Waals surface area contributed by atoms with Crippen LogP contribution in [0.1, 0.15) is 15.9 Å². The Labute approximate surface area is 92.7 Å². The van der Waals surface area contributed by atoms with Crippen LogP contribution in [0.5, 0.6) is 0 Å². The third kappa shape index (κ3) is 1.16. The first-order valence-electron chi connectivity index (χ1n) is 5.17. The summed E-state index contributed by atoms with van der Waals surface area (Å²) in [6, 6.07) is 5.75. The molecule has 0 saturated heterocycles. The summed E-state index contributed by atoms with van der Waals surface area (Å²) >= 11 is 0. The molecule has 0 atom stereocenters. The highest BCUT2D eigenvalue weighted by Crippen LogP contribution is 2.31. The van der Waals surface area contributed by atoms with E-state index in [0.717, 1.165) is 28.7 Å². The molecule has 2 heterocycles. The van der Waals surface area contributed by atoms with E-state index in [9.17, 15) is 4.79 Å². The number of amides is 1. The number of nitrogens with one attached hydrogen (secondary N) is 2. The zero-order valence-electron chi connectivity index (χ0n) is 8.87. The molecule has 1 aliphatic heterocycles. The van der Waals surface area contributed by atoms with Crippen LogP contribution in [0, 0.1) is 0 Å². The van der Waals surface area contributed by atoms with Gasteiger partial charge in [-0.25, -0.2) is 4.98 Å². The van der Waals surface area contributed by atoms with Gasteiger partial charge in [0.2, 0.25) is 0 Å². The topological polar surface area (TPSA) is 54.0 Å². The van der Waals surface area contributed by atoms with Gasteiger partial charge in [0.15, 0.2) is 0 Å². The predicted octanol–water partition coefficient (Wildman–Crippen LogP) is 1.52. The third-order valence-corrected chi connectivity index (χ3v) is 2.88. The number of carbonyl (C=O) groups is 1. The van der Waals surface area contributed by atoms with Gasteiger partial charge in [0.05, 0.1) is 0 Å². The van der Waals surface area contributed by atoms with Gasteiger partial charge in [-0.3, -0.25) is 4.79 Å². The van der Waals surface area contributed by atoms with E-state index in [0.29, 0.717) is 5.56 Å². The van der Waals surface area contributed by atoms with Crippen molar-refractivity contribution in [2.45, 2.75) is 6.54 Å². The van der Waals surface area contributed by atoms with Gasteiger partial charge in [-0.1, -0.05) is 0 Å². The zero-order chi connectivity index (χ0) is 11.1. The highest BCUT2D eigenvalue weighted by molar-refractivity contribution is 6.03. The van der Waals surface area contributed by atoms with Crippen LogP contribution in [0.25, 0.3) is 10.8 Å². The summed E-state index contributed by atoms with van der Waals surface area (Å²) in [5.41, 5.74) is 1.84. The zero-order valence-corrected chi connectivity index (χ0v) is 8.87. The Morgan fingerprint density at radius 2 is 2.38 bits per heavy atom. The van der Waals surface area contributed by atoms with Crippen LogP contribution in [0.3, 0.4) is 0 Å². The number of anilines is 1. The van der Waals surface area contributed by atoms with Crippen molar-refractivity contribution >= 4 is 22.5 Å². The van der Waals surface area contributed by atoms with Gasteiger partial charge >= 0.3 is 0 Å². The summed E-state index contributed by atoms with van der Waals surface area (Å²) in [5.74, 6) is 0.861. The number of hydrogen-bond donors (Lipinski definition) is 2. The molecule has 1 aliphatic rings. The first kappa shape index (κ1) is 9.15. The van der Waals surface area contributed by atoms with E-state index in [-0.39, 0.29) is 5.91 Å². The fraction of sp³-hybridized carbons (Fsp3) is 0.167. The monoisotopic (exact) mass is 213 g/mol. The fourth-order valence-electron chi connectivity index (χ4n) is 2.13. The Balaban J connectivity index is 2.30. The lowest BCUT2D eigenvalue weighted by atomic mass is 10.0. The van der Waals surface area contributed by atoms with E-state index in [1.807, 2.05) is 18.2 Å². The Bertz CT molecular complexity index is 592. The Hall–Kier alpha value is -2.10. The molecule has 0 aliphatic carbocycles. The van der Waals surface area contributed by atoms with Crippen molar-refractivity contribution in [3.8, 4) is 0 Å². The van der Waals surface area contributed by atoms with Crippen LogP contribution in [0.2, 0.25) is 0 Å². The lowest BCUT2D eigenvalue weighted by molar-refractivity contribution is 0.0963. The third-order valence-electron chi connectivity index (χ3n) is 2.88. The number of nitrogens with zero attached hydrogens (tertiary/aromatic N) is 1. The smallest absolute Gasteiger partial charge is 0.251 e. The predicted molar refractivity (Wildman–Crippen MR) is 62.5 cm³/mol. The summed E-state index contributed by atoms with van der Waals surface area (Å²) < 4.78 is 0. The average molecular weight is 213 g/mol. The Morgan fingerprint density at radius 3 is 3.19 bits per heavy atom. The highest BCUT2D eigenvalue weighted by Gasteiger charge is 2.17. The summed E-state index contributed by atoms with van der Waals surface area (Å²) in [5, 5.41) is 8.05. The molecule has 2 aromatic rings. The number of carbonyl (C=O) groups excluding carboxylic acids is 1. The van der Waals surface area contributed by atoms with Crippen molar-refractivity contribution in [1.29, 1.82) is 0 Å². The van der Waals surface area contributed by atoms with Crippen LogP contribution < -0.4 is 10.6 Å². The normalized spacial score (nSPS) is 12.6. The molecule has 3 rings (SSSR count). The average Bonchev–Trinajstić information content (AvgIpc) is 2.73. The second-order valence-corrected chi connectivity index (χ2v) is 3.83. The molecule has 1 aromatic heterocycles. The summed E-state index contributed by atoms with van der Waals surface area (Å²) in [7, 11) is 1.64. The second kappa shape index (κ2) is 3.20. The molecule has 0 saturated carbocycles. The van der Waals surface area contributed by atoms with Crippen molar-refractivity contribution in [2.24, 2.45) is 0 Å². The van der Waals surface area contributed by atoms with Crippen molar-refractivity contribution in [3.63, 3.8) is 0 Å². The lowest BCUT2D eigenvalue weighted by Crippen LogP contribution is -2.17. The molecule has 4 nitrogen and oxygen atoms in total. The number of rotatable bonds is 1. The fourth-order valence-corrected chi connectivity index (χ4v) is 2.13. The standard InChI is InChI=1S/C12H11N3O/c1-13-12(16)8-4-7-2-3-14-11-10(7)9(5-8)6-15-11/h2-5H,6H2,1H3,(H,13,16)(H,14,15). The van der Waals surface area contributed by atoms with E-state index in [2.05, 4.69) is 15.6 Å². The highest BCUT2D eigenvalue weighted by atomic mass is 16.1. The van der Waals surface area contributed by atoms with E-state index in [1.54, 1.807) is 13.2 Å². The first-order chi connectivity index (χ1) is 7.79. The molecule has 16 heavy (non-hydrogen) atoms. The van der Waals surface area contributed by atoms with Crippen molar-refractivity contribution in [3.05, 3.63) is 35.5 Å². The van der Waals surface area contributed by atoms with Crippen LogP contribution in [0.15, 0.2) is 24.4 Å². The molecular weight excluding hydrogens is 202 g/mol. The van der Waals surface area contributed by atoms with Crippen LogP contribution in [0.4, 0.5) is 5.82 Å². The number of benzene rings is 1. The molecule has 0 bridgehead atoms. The maximum absolute atomic E-state index is 11.6. The lowest BCUT2D eigenvalue weighted by Gasteiger charge is -2.04. The summed E-state index contributed by atoms with van der Waals surface area (Å²) in [6.45, 7) is 0.744. The molecule has 2 N–H and O–H groups in total. The summed E-state index contributed by atoms with van der Waals surface area (Å²) in [4.78, 5) is 15.9. The number of hydrogen-bond acceptors (Lipinski definition) is 3. The quantitative estimate of drug-likeness (QED) is 0.755. The number of pyridine rings is 1. The minimum absolute atomic E-state index is 0.0524. The largest absolute Gasteiger partial charge is 0.365 e.